The van der Waals surface area contributed by atoms with Crippen LogP contribution >= 0.6 is 0 Å². The van der Waals surface area contributed by atoms with Crippen LogP contribution in [0.5, 0.6) is 5.75 Å². The molecule has 0 aliphatic rings. The lowest BCUT2D eigenvalue weighted by Crippen LogP contribution is -2.11. The maximum atomic E-state index is 13.2. The number of hydrogen-bond donors (Lipinski definition) is 1. The largest absolute Gasteiger partial charge is 0.492 e. The van der Waals surface area contributed by atoms with E-state index in [1.54, 1.807) is 6.07 Å². The molecule has 0 spiro atoms. The molecule has 0 saturated heterocycles. The molecule has 0 saturated carbocycles. The van der Waals surface area contributed by atoms with Crippen LogP contribution in [-0.2, 0) is 0 Å². The van der Waals surface area contributed by atoms with E-state index < -0.39 is 0 Å². The summed E-state index contributed by atoms with van der Waals surface area (Å²) >= 11 is 0. The highest BCUT2D eigenvalue weighted by Crippen LogP contribution is 2.22. The third-order valence-corrected chi connectivity index (χ3v) is 2.51. The van der Waals surface area contributed by atoms with E-state index in [4.69, 9.17) is 9.84 Å². The summed E-state index contributed by atoms with van der Waals surface area (Å²) in [5, 5.41) is 8.69. The summed E-state index contributed by atoms with van der Waals surface area (Å²) in [5.41, 5.74) is 0.727. The Hall–Kier alpha value is -1.53. The first kappa shape index (κ1) is 15.5. The van der Waals surface area contributed by atoms with E-state index in [1.807, 2.05) is 0 Å². The van der Waals surface area contributed by atoms with Gasteiger partial charge < -0.3 is 9.84 Å². The summed E-state index contributed by atoms with van der Waals surface area (Å²) in [4.78, 5) is 0. The van der Waals surface area contributed by atoms with Crippen molar-refractivity contribution < 1.29 is 14.2 Å². The van der Waals surface area contributed by atoms with Crippen LogP contribution < -0.4 is 4.74 Å². The van der Waals surface area contributed by atoms with Gasteiger partial charge in [0.2, 0.25) is 0 Å². The lowest BCUT2D eigenvalue weighted by molar-refractivity contribution is 0.242. The van der Waals surface area contributed by atoms with Gasteiger partial charge in [-0.15, -0.1) is 0 Å². The molecule has 0 amide bonds. The first-order chi connectivity index (χ1) is 8.92. The molecule has 1 rings (SSSR count). The third kappa shape index (κ3) is 6.26. The van der Waals surface area contributed by atoms with Gasteiger partial charge in [0.05, 0.1) is 18.8 Å². The Morgan fingerprint density at radius 2 is 2.05 bits per heavy atom. The van der Waals surface area contributed by atoms with Crippen LogP contribution in [0.2, 0.25) is 0 Å². The van der Waals surface area contributed by atoms with Crippen molar-refractivity contribution >= 4 is 0 Å². The number of halogens is 1. The Bertz CT molecular complexity index is 464. The summed E-state index contributed by atoms with van der Waals surface area (Å²) in [5.74, 6) is 5.86. The van der Waals surface area contributed by atoms with E-state index in [0.29, 0.717) is 24.3 Å². The molecule has 0 unspecified atom stereocenters. The van der Waals surface area contributed by atoms with Gasteiger partial charge in [-0.2, -0.15) is 0 Å². The van der Waals surface area contributed by atoms with E-state index in [2.05, 4.69) is 32.6 Å². The van der Waals surface area contributed by atoms with Crippen molar-refractivity contribution in [2.24, 2.45) is 5.41 Å². The zero-order valence-corrected chi connectivity index (χ0v) is 11.8. The van der Waals surface area contributed by atoms with Crippen LogP contribution in [0.4, 0.5) is 4.39 Å². The second kappa shape index (κ2) is 7.16. The minimum atomic E-state index is -0.337. The van der Waals surface area contributed by atoms with Crippen LogP contribution in [0.15, 0.2) is 18.2 Å². The molecular weight excluding hydrogens is 243 g/mol. The van der Waals surface area contributed by atoms with Gasteiger partial charge in [0, 0.05) is 6.42 Å². The van der Waals surface area contributed by atoms with Gasteiger partial charge >= 0.3 is 0 Å². The molecule has 0 aliphatic carbocycles. The number of hydrogen-bond acceptors (Lipinski definition) is 2. The lowest BCUT2D eigenvalue weighted by atomic mass is 9.93. The molecule has 1 aromatic carbocycles. The van der Waals surface area contributed by atoms with Gasteiger partial charge in [-0.3, -0.25) is 0 Å². The van der Waals surface area contributed by atoms with Crippen LogP contribution in [0, 0.1) is 23.1 Å². The molecule has 1 N–H and O–H groups in total. The fraction of sp³-hybridized carbons (Fsp3) is 0.500. The van der Waals surface area contributed by atoms with Crippen molar-refractivity contribution in [3.8, 4) is 17.6 Å². The summed E-state index contributed by atoms with van der Waals surface area (Å²) < 4.78 is 18.9. The van der Waals surface area contributed by atoms with Crippen LogP contribution in [0.1, 0.15) is 39.2 Å². The fourth-order valence-electron chi connectivity index (χ4n) is 1.41. The summed E-state index contributed by atoms with van der Waals surface area (Å²) in [6, 6.07) is 4.32. The van der Waals surface area contributed by atoms with Crippen molar-refractivity contribution in [2.75, 3.05) is 13.2 Å². The first-order valence-electron chi connectivity index (χ1n) is 6.44. The molecule has 3 heteroatoms. The smallest absolute Gasteiger partial charge is 0.135 e. The number of aliphatic hydroxyl groups is 1. The average molecular weight is 264 g/mol. The minimum Gasteiger partial charge on any atom is -0.492 e. The van der Waals surface area contributed by atoms with E-state index in [0.717, 1.165) is 6.42 Å². The second-order valence-electron chi connectivity index (χ2n) is 5.57. The molecule has 19 heavy (non-hydrogen) atoms. The third-order valence-electron chi connectivity index (χ3n) is 2.51. The molecule has 0 atom stereocenters. The van der Waals surface area contributed by atoms with Gasteiger partial charge in [-0.1, -0.05) is 32.6 Å². The van der Waals surface area contributed by atoms with Gasteiger partial charge in [0.25, 0.3) is 0 Å². The first-order valence-corrected chi connectivity index (χ1v) is 6.44. The molecule has 1 aromatic rings. The molecule has 0 bridgehead atoms. The minimum absolute atomic E-state index is 0.00251. The van der Waals surface area contributed by atoms with Crippen molar-refractivity contribution in [3.63, 3.8) is 0 Å². The standard InChI is InChI=1S/C16H21FO2/c1-16(2,3)9-11-19-15-8-7-14(17)12-13(15)6-4-5-10-18/h7-8,12,18H,5,9-11H2,1-3H3. The number of rotatable bonds is 4. The monoisotopic (exact) mass is 264 g/mol. The van der Waals surface area contributed by atoms with Crippen molar-refractivity contribution in [1.82, 2.24) is 0 Å². The highest BCUT2D eigenvalue weighted by molar-refractivity contribution is 5.46. The van der Waals surface area contributed by atoms with Gasteiger partial charge in [0.1, 0.15) is 11.6 Å². The highest BCUT2D eigenvalue weighted by Gasteiger charge is 2.11. The zero-order chi connectivity index (χ0) is 14.3. The van der Waals surface area contributed by atoms with E-state index >= 15 is 0 Å². The summed E-state index contributed by atoms with van der Waals surface area (Å²) in [6.45, 7) is 7.00. The molecular formula is C16H21FO2. The molecule has 0 heterocycles. The number of benzene rings is 1. The Kier molecular flexibility index (Phi) is 5.85. The highest BCUT2D eigenvalue weighted by atomic mass is 19.1. The fourth-order valence-corrected chi connectivity index (χ4v) is 1.41. The van der Waals surface area contributed by atoms with Crippen molar-refractivity contribution in [2.45, 2.75) is 33.6 Å². The number of ether oxygens (including phenoxy) is 1. The van der Waals surface area contributed by atoms with E-state index in [9.17, 15) is 4.39 Å². The Labute approximate surface area is 114 Å². The maximum Gasteiger partial charge on any atom is 0.135 e. The Morgan fingerprint density at radius 1 is 1.32 bits per heavy atom. The quantitative estimate of drug-likeness (QED) is 0.845. The average Bonchev–Trinajstić information content (AvgIpc) is 2.30. The van der Waals surface area contributed by atoms with Gasteiger partial charge in [-0.25, -0.2) is 4.39 Å². The summed E-state index contributed by atoms with van der Waals surface area (Å²) in [7, 11) is 0. The van der Waals surface area contributed by atoms with Crippen molar-refractivity contribution in [3.05, 3.63) is 29.6 Å². The SMILES string of the molecule is CC(C)(C)CCOc1ccc(F)cc1C#CCCO. The zero-order valence-electron chi connectivity index (χ0n) is 11.8. The molecule has 2 nitrogen and oxygen atoms in total. The van der Waals surface area contributed by atoms with Gasteiger partial charge in [0.15, 0.2) is 0 Å². The molecule has 104 valence electrons. The van der Waals surface area contributed by atoms with Crippen LogP contribution in [-0.4, -0.2) is 18.3 Å². The number of aliphatic hydroxyl groups excluding tert-OH is 1. The molecule has 0 aromatic heterocycles. The lowest BCUT2D eigenvalue weighted by Gasteiger charge is -2.18. The summed E-state index contributed by atoms with van der Waals surface area (Å²) in [6.07, 6.45) is 1.28. The maximum absolute atomic E-state index is 13.2. The molecule has 0 aliphatic heterocycles. The topological polar surface area (TPSA) is 29.5 Å². The normalized spacial score (nSPS) is 10.8. The van der Waals surface area contributed by atoms with Crippen LogP contribution in [0.3, 0.4) is 0 Å². The van der Waals surface area contributed by atoms with E-state index in [-0.39, 0.29) is 17.8 Å². The van der Waals surface area contributed by atoms with Crippen LogP contribution in [0.25, 0.3) is 0 Å². The predicted molar refractivity (Wildman–Crippen MR) is 74.5 cm³/mol. The van der Waals surface area contributed by atoms with E-state index in [1.165, 1.54) is 12.1 Å². The molecule has 0 radical (unpaired) electrons. The second-order valence-corrected chi connectivity index (χ2v) is 5.57. The Balaban J connectivity index is 2.74. The van der Waals surface area contributed by atoms with Crippen molar-refractivity contribution in [1.29, 1.82) is 0 Å². The Morgan fingerprint density at radius 3 is 2.68 bits per heavy atom. The molecule has 0 fully saturated rings. The predicted octanol–water partition coefficient (Wildman–Crippen LogP) is 3.37. The van der Waals surface area contributed by atoms with Gasteiger partial charge in [-0.05, 0) is 30.0 Å².